The summed E-state index contributed by atoms with van der Waals surface area (Å²) in [4.78, 5) is 0. The van der Waals surface area contributed by atoms with Crippen LogP contribution in [0.15, 0.2) is 0 Å². The number of nitrogens with one attached hydrogen (secondary N) is 5. The quantitative estimate of drug-likeness (QED) is 0.437. The average molecular weight is 297 g/mol. The highest BCUT2D eigenvalue weighted by molar-refractivity contribution is 4.87. The predicted octanol–water partition coefficient (Wildman–Crippen LogP) is 0.0362. The lowest BCUT2D eigenvalue weighted by Gasteiger charge is -2.33. The van der Waals surface area contributed by atoms with E-state index >= 15 is 0 Å². The third kappa shape index (κ3) is 6.20. The van der Waals surface area contributed by atoms with Crippen LogP contribution in [-0.4, -0.2) is 63.4 Å². The SMILES string of the molecule is C[C@H]1NCCNCCNC2CCCCC2NCCN[C@@H]1C. The number of fused-ring (bicyclic) bond motifs is 1. The second kappa shape index (κ2) is 9.74. The lowest BCUT2D eigenvalue weighted by Crippen LogP contribution is -2.52. The van der Waals surface area contributed by atoms with Crippen molar-refractivity contribution in [1.29, 1.82) is 0 Å². The smallest absolute Gasteiger partial charge is 0.0221 e. The van der Waals surface area contributed by atoms with Crippen molar-refractivity contribution in [3.8, 4) is 0 Å². The van der Waals surface area contributed by atoms with E-state index in [0.29, 0.717) is 24.2 Å². The molecule has 2 rings (SSSR count). The molecule has 0 spiro atoms. The molecule has 124 valence electrons. The van der Waals surface area contributed by atoms with Crippen LogP contribution in [0, 0.1) is 0 Å². The third-order valence-electron chi connectivity index (χ3n) is 4.99. The topological polar surface area (TPSA) is 60.1 Å². The molecule has 1 aliphatic carbocycles. The maximum atomic E-state index is 3.76. The minimum atomic E-state index is 0.511. The maximum Gasteiger partial charge on any atom is 0.0221 e. The summed E-state index contributed by atoms with van der Waals surface area (Å²) in [5, 5.41) is 18.2. The molecule has 5 heteroatoms. The Morgan fingerprint density at radius 2 is 1.00 bits per heavy atom. The van der Waals surface area contributed by atoms with Gasteiger partial charge in [-0.05, 0) is 26.7 Å². The van der Waals surface area contributed by atoms with E-state index < -0.39 is 0 Å². The molecule has 0 aromatic heterocycles. The average Bonchev–Trinajstić information content (AvgIpc) is 2.51. The van der Waals surface area contributed by atoms with Crippen molar-refractivity contribution in [2.75, 3.05) is 39.3 Å². The van der Waals surface area contributed by atoms with Crippen LogP contribution in [0.4, 0.5) is 0 Å². The zero-order chi connectivity index (χ0) is 14.9. The van der Waals surface area contributed by atoms with Crippen LogP contribution in [0.25, 0.3) is 0 Å². The van der Waals surface area contributed by atoms with Crippen LogP contribution >= 0.6 is 0 Å². The molecule has 5 nitrogen and oxygen atoms in total. The molecular weight excluding hydrogens is 262 g/mol. The summed E-state index contributed by atoms with van der Waals surface area (Å²) in [5.41, 5.74) is 0. The third-order valence-corrected chi connectivity index (χ3v) is 4.99. The minimum absolute atomic E-state index is 0.511. The number of hydrogen-bond donors (Lipinski definition) is 5. The summed E-state index contributed by atoms with van der Waals surface area (Å²) in [5.74, 6) is 0. The molecule has 1 saturated carbocycles. The molecule has 0 bridgehead atoms. The molecule has 0 amide bonds. The summed E-state index contributed by atoms with van der Waals surface area (Å²) in [6.07, 6.45) is 5.39. The van der Waals surface area contributed by atoms with Crippen LogP contribution in [0.3, 0.4) is 0 Å². The Kier molecular flexibility index (Phi) is 7.96. The normalized spacial score (nSPS) is 38.0. The van der Waals surface area contributed by atoms with Crippen LogP contribution in [0.5, 0.6) is 0 Å². The second-order valence-corrected chi connectivity index (χ2v) is 6.64. The van der Waals surface area contributed by atoms with Crippen LogP contribution < -0.4 is 26.6 Å². The van der Waals surface area contributed by atoms with E-state index in [2.05, 4.69) is 40.4 Å². The molecule has 0 radical (unpaired) electrons. The molecule has 1 heterocycles. The summed E-state index contributed by atoms with van der Waals surface area (Å²) in [6.45, 7) is 10.9. The standard InChI is InChI=1S/C16H35N5/c1-13-14(2)19-11-12-21-16-6-4-3-5-15(16)20-10-8-17-7-9-18-13/h13-21H,3-12H2,1-2H3/t13-,14-,15?,16?/m1/s1. The Balaban J connectivity index is 1.81. The van der Waals surface area contributed by atoms with E-state index in [1.807, 2.05) is 0 Å². The zero-order valence-corrected chi connectivity index (χ0v) is 13.9. The first-order valence-corrected chi connectivity index (χ1v) is 8.91. The second-order valence-electron chi connectivity index (χ2n) is 6.64. The molecule has 21 heavy (non-hydrogen) atoms. The monoisotopic (exact) mass is 297 g/mol. The van der Waals surface area contributed by atoms with Gasteiger partial charge in [-0.25, -0.2) is 0 Å². The van der Waals surface area contributed by atoms with Gasteiger partial charge in [0, 0.05) is 63.4 Å². The first kappa shape index (κ1) is 17.2. The molecule has 2 unspecified atom stereocenters. The van der Waals surface area contributed by atoms with Crippen molar-refractivity contribution in [2.45, 2.75) is 63.7 Å². The van der Waals surface area contributed by atoms with E-state index in [9.17, 15) is 0 Å². The fourth-order valence-corrected chi connectivity index (χ4v) is 3.39. The molecule has 5 N–H and O–H groups in total. The van der Waals surface area contributed by atoms with Crippen LogP contribution in [0.2, 0.25) is 0 Å². The molecular formula is C16H35N5. The number of rotatable bonds is 0. The van der Waals surface area contributed by atoms with E-state index in [0.717, 1.165) is 39.3 Å². The van der Waals surface area contributed by atoms with Gasteiger partial charge in [-0.2, -0.15) is 0 Å². The highest BCUT2D eigenvalue weighted by Crippen LogP contribution is 2.18. The van der Waals surface area contributed by atoms with Crippen molar-refractivity contribution in [3.05, 3.63) is 0 Å². The molecule has 2 fully saturated rings. The van der Waals surface area contributed by atoms with Gasteiger partial charge in [0.1, 0.15) is 0 Å². The molecule has 1 aliphatic heterocycles. The van der Waals surface area contributed by atoms with Gasteiger partial charge < -0.3 is 26.6 Å². The summed E-state index contributed by atoms with van der Waals surface area (Å²) in [6, 6.07) is 2.33. The van der Waals surface area contributed by atoms with Crippen molar-refractivity contribution >= 4 is 0 Å². The molecule has 4 atom stereocenters. The van der Waals surface area contributed by atoms with Gasteiger partial charge in [0.15, 0.2) is 0 Å². The largest absolute Gasteiger partial charge is 0.314 e. The van der Waals surface area contributed by atoms with Gasteiger partial charge in [0.25, 0.3) is 0 Å². The lowest BCUT2D eigenvalue weighted by molar-refractivity contribution is 0.283. The molecule has 0 aromatic carbocycles. The van der Waals surface area contributed by atoms with Crippen molar-refractivity contribution in [2.24, 2.45) is 0 Å². The van der Waals surface area contributed by atoms with Crippen molar-refractivity contribution < 1.29 is 0 Å². The fraction of sp³-hybridized carbons (Fsp3) is 1.00. The Labute approximate surface area is 130 Å². The zero-order valence-electron chi connectivity index (χ0n) is 13.9. The van der Waals surface area contributed by atoms with Gasteiger partial charge >= 0.3 is 0 Å². The van der Waals surface area contributed by atoms with Gasteiger partial charge in [-0.3, -0.25) is 0 Å². The number of hydrogen-bond acceptors (Lipinski definition) is 5. The van der Waals surface area contributed by atoms with Gasteiger partial charge in [-0.15, -0.1) is 0 Å². The lowest BCUT2D eigenvalue weighted by atomic mass is 9.90. The summed E-state index contributed by atoms with van der Waals surface area (Å²) in [7, 11) is 0. The van der Waals surface area contributed by atoms with Crippen molar-refractivity contribution in [3.63, 3.8) is 0 Å². The van der Waals surface area contributed by atoms with E-state index in [4.69, 9.17) is 0 Å². The van der Waals surface area contributed by atoms with Crippen molar-refractivity contribution in [1.82, 2.24) is 26.6 Å². The molecule has 1 saturated heterocycles. The highest BCUT2D eigenvalue weighted by Gasteiger charge is 2.23. The minimum Gasteiger partial charge on any atom is -0.314 e. The van der Waals surface area contributed by atoms with Gasteiger partial charge in [0.05, 0.1) is 0 Å². The highest BCUT2D eigenvalue weighted by atomic mass is 15.1. The van der Waals surface area contributed by atoms with Crippen LogP contribution in [0.1, 0.15) is 39.5 Å². The Morgan fingerprint density at radius 3 is 1.57 bits per heavy atom. The summed E-state index contributed by atoms with van der Waals surface area (Å²) < 4.78 is 0. The first-order chi connectivity index (χ1) is 10.3. The summed E-state index contributed by atoms with van der Waals surface area (Å²) >= 11 is 0. The maximum absolute atomic E-state index is 3.76. The first-order valence-electron chi connectivity index (χ1n) is 8.91. The van der Waals surface area contributed by atoms with E-state index in [1.165, 1.54) is 25.7 Å². The molecule has 0 aromatic rings. The Morgan fingerprint density at radius 1 is 0.571 bits per heavy atom. The van der Waals surface area contributed by atoms with E-state index in [-0.39, 0.29) is 0 Å². The van der Waals surface area contributed by atoms with E-state index in [1.54, 1.807) is 0 Å². The molecule has 2 aliphatic rings. The van der Waals surface area contributed by atoms with Gasteiger partial charge in [0.2, 0.25) is 0 Å². The fourth-order valence-electron chi connectivity index (χ4n) is 3.39. The van der Waals surface area contributed by atoms with Gasteiger partial charge in [-0.1, -0.05) is 12.8 Å². The van der Waals surface area contributed by atoms with Crippen LogP contribution in [-0.2, 0) is 0 Å². The predicted molar refractivity (Wildman–Crippen MR) is 89.8 cm³/mol. The Hall–Kier alpha value is -0.200. The Bertz CT molecular complexity index is 273.